The molecule has 2 aromatic carbocycles. The minimum absolute atomic E-state index is 0.0728. The first-order chi connectivity index (χ1) is 14.6. The molecular weight excluding hydrogens is 440 g/mol. The largest absolute Gasteiger partial charge is 0.338 e. The molecule has 3 aromatic rings. The average molecular weight is 459 g/mol. The summed E-state index contributed by atoms with van der Waals surface area (Å²) in [7, 11) is 0. The summed E-state index contributed by atoms with van der Waals surface area (Å²) in [4.78, 5) is 28.4. The lowest BCUT2D eigenvalue weighted by Gasteiger charge is -2.32. The Balaban J connectivity index is 1.43. The molecule has 1 unspecified atom stereocenters. The third kappa shape index (κ3) is 5.00. The summed E-state index contributed by atoms with van der Waals surface area (Å²) in [6.07, 6.45) is 1.54. The second-order valence-corrected chi connectivity index (χ2v) is 9.45. The molecule has 2 heterocycles. The Bertz CT molecular complexity index is 1030. The predicted octanol–water partition coefficient (Wildman–Crippen LogP) is 4.83. The van der Waals surface area contributed by atoms with Gasteiger partial charge >= 0.3 is 0 Å². The maximum atomic E-state index is 13.0. The molecule has 0 aliphatic carbocycles. The SMILES string of the molecule is O=C(Nc1ccccc1Sc1nncs1)C1CCCN(C(=O)c2ccc(Cl)cc2)C1. The van der Waals surface area contributed by atoms with Gasteiger partial charge in [-0.15, -0.1) is 10.2 Å². The van der Waals surface area contributed by atoms with Gasteiger partial charge in [0.1, 0.15) is 5.51 Å². The number of hydrogen-bond donors (Lipinski definition) is 1. The normalized spacial score (nSPS) is 16.3. The van der Waals surface area contributed by atoms with Crippen molar-refractivity contribution in [2.75, 3.05) is 18.4 Å². The van der Waals surface area contributed by atoms with Gasteiger partial charge in [-0.05, 0) is 49.2 Å². The van der Waals surface area contributed by atoms with Crippen LogP contribution in [0.3, 0.4) is 0 Å². The van der Waals surface area contributed by atoms with Crippen molar-refractivity contribution in [1.29, 1.82) is 0 Å². The van der Waals surface area contributed by atoms with E-state index in [-0.39, 0.29) is 17.7 Å². The zero-order valence-electron chi connectivity index (χ0n) is 16.0. The van der Waals surface area contributed by atoms with Gasteiger partial charge in [0, 0.05) is 28.6 Å². The van der Waals surface area contributed by atoms with Gasteiger partial charge in [-0.3, -0.25) is 9.59 Å². The first-order valence-electron chi connectivity index (χ1n) is 9.49. The van der Waals surface area contributed by atoms with E-state index in [1.807, 2.05) is 24.3 Å². The molecule has 1 aromatic heterocycles. The number of halogens is 1. The van der Waals surface area contributed by atoms with Crippen molar-refractivity contribution in [3.8, 4) is 0 Å². The molecule has 1 N–H and O–H groups in total. The van der Waals surface area contributed by atoms with Gasteiger partial charge in [0.25, 0.3) is 5.91 Å². The smallest absolute Gasteiger partial charge is 0.253 e. The second kappa shape index (κ2) is 9.59. The van der Waals surface area contributed by atoms with Crippen LogP contribution in [0.1, 0.15) is 23.2 Å². The number of amides is 2. The lowest BCUT2D eigenvalue weighted by molar-refractivity contribution is -0.121. The maximum Gasteiger partial charge on any atom is 0.253 e. The minimum Gasteiger partial charge on any atom is -0.338 e. The van der Waals surface area contributed by atoms with Crippen molar-refractivity contribution in [2.45, 2.75) is 22.1 Å². The lowest BCUT2D eigenvalue weighted by Crippen LogP contribution is -2.43. The number of para-hydroxylation sites is 1. The van der Waals surface area contributed by atoms with Gasteiger partial charge in [-0.2, -0.15) is 0 Å². The highest BCUT2D eigenvalue weighted by molar-refractivity contribution is 8.01. The molecule has 0 saturated carbocycles. The zero-order valence-corrected chi connectivity index (χ0v) is 18.3. The van der Waals surface area contributed by atoms with E-state index in [1.54, 1.807) is 34.7 Å². The van der Waals surface area contributed by atoms with Crippen LogP contribution in [0.5, 0.6) is 0 Å². The number of aromatic nitrogens is 2. The number of rotatable bonds is 5. The van der Waals surface area contributed by atoms with Crippen LogP contribution in [-0.4, -0.2) is 40.0 Å². The summed E-state index contributed by atoms with van der Waals surface area (Å²) < 4.78 is 0.814. The standard InChI is InChI=1S/C21H19ClN4O2S2/c22-16-9-7-14(8-10-16)20(28)26-11-3-4-15(12-26)19(27)24-17-5-1-2-6-18(17)30-21-25-23-13-29-21/h1-2,5-10,13,15H,3-4,11-12H2,(H,24,27). The Kier molecular flexibility index (Phi) is 6.66. The van der Waals surface area contributed by atoms with Crippen LogP contribution in [-0.2, 0) is 4.79 Å². The Morgan fingerprint density at radius 1 is 1.17 bits per heavy atom. The highest BCUT2D eigenvalue weighted by Gasteiger charge is 2.29. The summed E-state index contributed by atoms with van der Waals surface area (Å²) in [5, 5.41) is 11.5. The average Bonchev–Trinajstić information content (AvgIpc) is 3.28. The first kappa shape index (κ1) is 20.8. The Hall–Kier alpha value is -2.42. The lowest BCUT2D eigenvalue weighted by atomic mass is 9.96. The molecule has 2 amide bonds. The summed E-state index contributed by atoms with van der Waals surface area (Å²) in [6, 6.07) is 14.5. The molecule has 154 valence electrons. The van der Waals surface area contributed by atoms with E-state index in [0.29, 0.717) is 23.7 Å². The van der Waals surface area contributed by atoms with Gasteiger partial charge in [0.2, 0.25) is 5.91 Å². The van der Waals surface area contributed by atoms with Crippen LogP contribution in [0.15, 0.2) is 63.3 Å². The summed E-state index contributed by atoms with van der Waals surface area (Å²) in [6.45, 7) is 1.05. The molecule has 1 saturated heterocycles. The third-order valence-corrected chi connectivity index (χ3v) is 6.96. The van der Waals surface area contributed by atoms with Crippen LogP contribution >= 0.6 is 34.7 Å². The predicted molar refractivity (Wildman–Crippen MR) is 119 cm³/mol. The van der Waals surface area contributed by atoms with Gasteiger partial charge < -0.3 is 10.2 Å². The highest BCUT2D eigenvalue weighted by atomic mass is 35.5. The van der Waals surface area contributed by atoms with Crippen molar-refractivity contribution in [3.63, 3.8) is 0 Å². The number of anilines is 1. The number of carbonyl (C=O) groups excluding carboxylic acids is 2. The molecule has 0 bridgehead atoms. The van der Waals surface area contributed by atoms with Crippen LogP contribution in [0.4, 0.5) is 5.69 Å². The maximum absolute atomic E-state index is 13.0. The van der Waals surface area contributed by atoms with E-state index in [2.05, 4.69) is 15.5 Å². The van der Waals surface area contributed by atoms with Gasteiger partial charge in [0.15, 0.2) is 4.34 Å². The zero-order chi connectivity index (χ0) is 20.9. The molecule has 0 radical (unpaired) electrons. The molecule has 0 spiro atoms. The van der Waals surface area contributed by atoms with E-state index in [1.165, 1.54) is 23.1 Å². The van der Waals surface area contributed by atoms with E-state index in [4.69, 9.17) is 11.6 Å². The fraction of sp³-hybridized carbons (Fsp3) is 0.238. The third-order valence-electron chi connectivity index (χ3n) is 4.85. The van der Waals surface area contributed by atoms with E-state index >= 15 is 0 Å². The Morgan fingerprint density at radius 3 is 2.73 bits per heavy atom. The fourth-order valence-electron chi connectivity index (χ4n) is 3.35. The molecule has 6 nitrogen and oxygen atoms in total. The number of nitrogens with one attached hydrogen (secondary N) is 1. The molecule has 9 heteroatoms. The van der Waals surface area contributed by atoms with Crippen LogP contribution in [0.25, 0.3) is 0 Å². The molecule has 4 rings (SSSR count). The molecular formula is C21H19ClN4O2S2. The van der Waals surface area contributed by atoms with E-state index in [0.717, 1.165) is 27.8 Å². The van der Waals surface area contributed by atoms with Crippen molar-refractivity contribution in [3.05, 3.63) is 64.6 Å². The van der Waals surface area contributed by atoms with Gasteiger partial charge in [0.05, 0.1) is 11.6 Å². The number of benzene rings is 2. The molecule has 1 fully saturated rings. The summed E-state index contributed by atoms with van der Waals surface area (Å²) >= 11 is 8.83. The Morgan fingerprint density at radius 2 is 1.97 bits per heavy atom. The molecule has 30 heavy (non-hydrogen) atoms. The second-order valence-electron chi connectivity index (χ2n) is 6.89. The molecule has 1 aliphatic rings. The number of hydrogen-bond acceptors (Lipinski definition) is 6. The van der Waals surface area contributed by atoms with Crippen LogP contribution in [0, 0.1) is 5.92 Å². The summed E-state index contributed by atoms with van der Waals surface area (Å²) in [5.74, 6) is -0.403. The number of likely N-dealkylation sites (tertiary alicyclic amines) is 1. The van der Waals surface area contributed by atoms with Crippen molar-refractivity contribution in [1.82, 2.24) is 15.1 Å². The highest BCUT2D eigenvalue weighted by Crippen LogP contribution is 2.34. The van der Waals surface area contributed by atoms with Crippen molar-refractivity contribution in [2.24, 2.45) is 5.92 Å². The van der Waals surface area contributed by atoms with Crippen LogP contribution in [0.2, 0.25) is 5.02 Å². The monoisotopic (exact) mass is 458 g/mol. The van der Waals surface area contributed by atoms with Gasteiger partial charge in [-0.25, -0.2) is 0 Å². The number of nitrogens with zero attached hydrogens (tertiary/aromatic N) is 3. The van der Waals surface area contributed by atoms with Crippen molar-refractivity contribution < 1.29 is 9.59 Å². The number of carbonyl (C=O) groups is 2. The Labute approximate surface area is 187 Å². The first-order valence-corrected chi connectivity index (χ1v) is 11.6. The number of piperidine rings is 1. The van der Waals surface area contributed by atoms with E-state index < -0.39 is 0 Å². The summed E-state index contributed by atoms with van der Waals surface area (Å²) in [5.41, 5.74) is 3.00. The fourth-order valence-corrected chi connectivity index (χ4v) is 4.99. The molecule has 1 atom stereocenters. The van der Waals surface area contributed by atoms with E-state index in [9.17, 15) is 9.59 Å². The molecule has 1 aliphatic heterocycles. The quantitative estimate of drug-likeness (QED) is 0.592. The minimum atomic E-state index is -0.255. The topological polar surface area (TPSA) is 75.2 Å². The van der Waals surface area contributed by atoms with Crippen molar-refractivity contribution >= 4 is 52.2 Å². The van der Waals surface area contributed by atoms with Gasteiger partial charge in [-0.1, -0.05) is 46.8 Å². The van der Waals surface area contributed by atoms with Crippen LogP contribution < -0.4 is 5.32 Å².